The Kier molecular flexibility index (Phi) is 5.19. The zero-order valence-electron chi connectivity index (χ0n) is 11.2. The van der Waals surface area contributed by atoms with Crippen molar-refractivity contribution in [2.24, 2.45) is 0 Å². The molecule has 0 unspecified atom stereocenters. The molecule has 0 saturated carbocycles. The quantitative estimate of drug-likeness (QED) is 0.497. The van der Waals surface area contributed by atoms with Crippen LogP contribution in [-0.2, 0) is 6.54 Å². The summed E-state index contributed by atoms with van der Waals surface area (Å²) in [5.41, 5.74) is 1.15. The molecule has 7 heteroatoms. The normalized spacial score (nSPS) is 10.9. The molecule has 21 heavy (non-hydrogen) atoms. The van der Waals surface area contributed by atoms with Crippen LogP contribution in [-0.4, -0.2) is 13.2 Å². The Bertz CT molecular complexity index is 603. The first-order valence-electron chi connectivity index (χ1n) is 6.20. The molecule has 2 aromatic rings. The van der Waals surface area contributed by atoms with Gasteiger partial charge in [0.1, 0.15) is 6.61 Å². The molecule has 0 bridgehead atoms. The van der Waals surface area contributed by atoms with Crippen LogP contribution in [0.2, 0.25) is 0 Å². The molecule has 1 aromatic carbocycles. The molecular weight excluding hydrogens is 306 g/mol. The van der Waals surface area contributed by atoms with Crippen molar-refractivity contribution in [2.75, 3.05) is 13.2 Å². The summed E-state index contributed by atoms with van der Waals surface area (Å²) >= 11 is 1.59. The maximum atomic E-state index is 13.3. The maximum Gasteiger partial charge on any atom is 0.203 e. The smallest absolute Gasteiger partial charge is 0.203 e. The maximum absolute atomic E-state index is 13.3. The second-order valence-electron chi connectivity index (χ2n) is 4.35. The van der Waals surface area contributed by atoms with Gasteiger partial charge in [-0.3, -0.25) is 0 Å². The van der Waals surface area contributed by atoms with Gasteiger partial charge in [0, 0.05) is 24.0 Å². The van der Waals surface area contributed by atoms with Crippen LogP contribution in [0.25, 0.3) is 0 Å². The van der Waals surface area contributed by atoms with Crippen LogP contribution in [0.15, 0.2) is 17.5 Å². The first-order chi connectivity index (χ1) is 10.0. The van der Waals surface area contributed by atoms with Crippen molar-refractivity contribution in [3.8, 4) is 5.75 Å². The Morgan fingerprint density at radius 3 is 2.38 bits per heavy atom. The van der Waals surface area contributed by atoms with E-state index in [0.717, 1.165) is 10.4 Å². The van der Waals surface area contributed by atoms with E-state index in [-0.39, 0.29) is 19.2 Å². The summed E-state index contributed by atoms with van der Waals surface area (Å²) in [5, 5.41) is 4.98. The highest BCUT2D eigenvalue weighted by atomic mass is 32.1. The van der Waals surface area contributed by atoms with Gasteiger partial charge >= 0.3 is 0 Å². The lowest BCUT2D eigenvalue weighted by atomic mass is 10.3. The highest BCUT2D eigenvalue weighted by molar-refractivity contribution is 7.10. The highest BCUT2D eigenvalue weighted by Crippen LogP contribution is 2.26. The number of rotatable bonds is 6. The predicted octanol–water partition coefficient (Wildman–Crippen LogP) is 3.78. The minimum atomic E-state index is -1.52. The van der Waals surface area contributed by atoms with Gasteiger partial charge in [-0.2, -0.15) is 8.78 Å². The van der Waals surface area contributed by atoms with E-state index in [2.05, 4.69) is 5.32 Å². The van der Waals surface area contributed by atoms with Crippen molar-refractivity contribution in [1.29, 1.82) is 0 Å². The second-order valence-corrected chi connectivity index (χ2v) is 5.35. The van der Waals surface area contributed by atoms with Crippen molar-refractivity contribution in [1.82, 2.24) is 5.32 Å². The zero-order chi connectivity index (χ0) is 15.4. The Morgan fingerprint density at radius 2 is 1.81 bits per heavy atom. The van der Waals surface area contributed by atoms with Gasteiger partial charge in [-0.05, 0) is 23.9 Å². The summed E-state index contributed by atoms with van der Waals surface area (Å²) in [4.78, 5) is 1.14. The van der Waals surface area contributed by atoms with E-state index < -0.39 is 29.0 Å². The summed E-state index contributed by atoms with van der Waals surface area (Å²) in [5.74, 6) is -7.04. The van der Waals surface area contributed by atoms with Gasteiger partial charge in [0.05, 0.1) is 0 Å². The molecule has 1 heterocycles. The molecule has 2 rings (SSSR count). The van der Waals surface area contributed by atoms with Gasteiger partial charge in [-0.1, -0.05) is 0 Å². The minimum Gasteiger partial charge on any atom is -0.486 e. The Hall–Kier alpha value is -1.60. The van der Waals surface area contributed by atoms with Crippen LogP contribution in [0, 0.1) is 30.2 Å². The fraction of sp³-hybridized carbons (Fsp3) is 0.286. The average Bonchev–Trinajstić information content (AvgIpc) is 2.85. The van der Waals surface area contributed by atoms with E-state index >= 15 is 0 Å². The van der Waals surface area contributed by atoms with E-state index in [1.54, 1.807) is 11.3 Å². The van der Waals surface area contributed by atoms with Crippen molar-refractivity contribution in [3.63, 3.8) is 0 Å². The second kappa shape index (κ2) is 6.91. The van der Waals surface area contributed by atoms with Gasteiger partial charge in [-0.15, -0.1) is 11.3 Å². The van der Waals surface area contributed by atoms with Crippen molar-refractivity contribution < 1.29 is 22.3 Å². The van der Waals surface area contributed by atoms with E-state index in [4.69, 9.17) is 4.74 Å². The molecular formula is C14H13F4NOS. The van der Waals surface area contributed by atoms with Crippen LogP contribution in [0.5, 0.6) is 5.75 Å². The molecule has 0 aliphatic carbocycles. The minimum absolute atomic E-state index is 0.110. The van der Waals surface area contributed by atoms with E-state index in [1.807, 2.05) is 18.4 Å². The summed E-state index contributed by atoms with van der Waals surface area (Å²) in [6, 6.07) is 2.13. The molecule has 1 aromatic heterocycles. The number of nitrogens with one attached hydrogen (secondary N) is 1. The molecule has 0 radical (unpaired) electrons. The van der Waals surface area contributed by atoms with E-state index in [1.165, 1.54) is 0 Å². The Balaban J connectivity index is 1.85. The van der Waals surface area contributed by atoms with Gasteiger partial charge in [0.2, 0.25) is 11.6 Å². The summed E-state index contributed by atoms with van der Waals surface area (Å²) in [6.07, 6.45) is 0. The van der Waals surface area contributed by atoms with Gasteiger partial charge in [0.25, 0.3) is 0 Å². The SMILES string of the molecule is Cc1ccsc1CNCCOc1c(F)c(F)cc(F)c1F. The fourth-order valence-corrected chi connectivity index (χ4v) is 2.57. The Labute approximate surface area is 123 Å². The third-order valence-electron chi connectivity index (χ3n) is 2.85. The van der Waals surface area contributed by atoms with E-state index in [9.17, 15) is 17.6 Å². The van der Waals surface area contributed by atoms with Crippen molar-refractivity contribution in [2.45, 2.75) is 13.5 Å². The molecule has 0 aliphatic heterocycles. The largest absolute Gasteiger partial charge is 0.486 e. The first kappa shape index (κ1) is 15.8. The highest BCUT2D eigenvalue weighted by Gasteiger charge is 2.20. The van der Waals surface area contributed by atoms with Gasteiger partial charge < -0.3 is 10.1 Å². The van der Waals surface area contributed by atoms with Crippen LogP contribution >= 0.6 is 11.3 Å². The van der Waals surface area contributed by atoms with Crippen molar-refractivity contribution >= 4 is 11.3 Å². The average molecular weight is 319 g/mol. The zero-order valence-corrected chi connectivity index (χ0v) is 12.0. The number of ether oxygens (including phenoxy) is 1. The monoisotopic (exact) mass is 319 g/mol. The lowest BCUT2D eigenvalue weighted by Gasteiger charge is -2.10. The lowest BCUT2D eigenvalue weighted by Crippen LogP contribution is -2.21. The Morgan fingerprint density at radius 1 is 1.14 bits per heavy atom. The summed E-state index contributed by atoms with van der Waals surface area (Å²) in [6.45, 7) is 2.75. The number of aryl methyl sites for hydroxylation is 1. The summed E-state index contributed by atoms with van der Waals surface area (Å²) < 4.78 is 57.3. The molecule has 114 valence electrons. The van der Waals surface area contributed by atoms with Gasteiger partial charge in [0.15, 0.2) is 17.4 Å². The molecule has 0 atom stereocenters. The molecule has 1 N–H and O–H groups in total. The van der Waals surface area contributed by atoms with E-state index in [0.29, 0.717) is 6.54 Å². The summed E-state index contributed by atoms with van der Waals surface area (Å²) in [7, 11) is 0. The molecule has 0 fully saturated rings. The molecule has 2 nitrogen and oxygen atoms in total. The predicted molar refractivity (Wildman–Crippen MR) is 72.5 cm³/mol. The molecule has 0 amide bonds. The lowest BCUT2D eigenvalue weighted by molar-refractivity contribution is 0.270. The van der Waals surface area contributed by atoms with Crippen molar-refractivity contribution in [3.05, 3.63) is 51.2 Å². The number of benzene rings is 1. The van der Waals surface area contributed by atoms with Crippen LogP contribution in [0.1, 0.15) is 10.4 Å². The van der Waals surface area contributed by atoms with Crippen LogP contribution < -0.4 is 10.1 Å². The molecule has 0 saturated heterocycles. The molecule has 0 spiro atoms. The third-order valence-corrected chi connectivity index (χ3v) is 3.87. The van der Waals surface area contributed by atoms with Gasteiger partial charge in [-0.25, -0.2) is 8.78 Å². The molecule has 0 aliphatic rings. The standard InChI is InChI=1S/C14H13F4NOS/c1-8-2-5-21-11(8)7-19-3-4-20-14-12(17)9(15)6-10(16)13(14)18/h2,5-6,19H,3-4,7H2,1H3. The first-order valence-corrected chi connectivity index (χ1v) is 7.08. The number of halogens is 4. The third kappa shape index (κ3) is 3.74. The van der Waals surface area contributed by atoms with Crippen LogP contribution in [0.3, 0.4) is 0 Å². The fourth-order valence-electron chi connectivity index (χ4n) is 1.69. The number of hydrogen-bond acceptors (Lipinski definition) is 3. The number of thiophene rings is 1. The number of hydrogen-bond donors (Lipinski definition) is 1. The van der Waals surface area contributed by atoms with Crippen LogP contribution in [0.4, 0.5) is 17.6 Å². The topological polar surface area (TPSA) is 21.3 Å².